The summed E-state index contributed by atoms with van der Waals surface area (Å²) in [7, 11) is 1.49. The molecule has 0 spiro atoms. The minimum absolute atomic E-state index is 0.231. The number of hydrogen-bond acceptors (Lipinski definition) is 4. The summed E-state index contributed by atoms with van der Waals surface area (Å²) < 4.78 is 5.04. The summed E-state index contributed by atoms with van der Waals surface area (Å²) in [6.07, 6.45) is -2.61. The first-order valence-electron chi connectivity index (χ1n) is 6.19. The molecule has 1 heterocycles. The van der Waals surface area contributed by atoms with Crippen LogP contribution in [-0.2, 0) is 0 Å². The molecule has 6 nitrogen and oxygen atoms in total. The third-order valence-electron chi connectivity index (χ3n) is 3.21. The van der Waals surface area contributed by atoms with E-state index < -0.39 is 18.5 Å². The van der Waals surface area contributed by atoms with Crippen molar-refractivity contribution in [3.8, 4) is 5.75 Å². The molecular formula is C13H17ClN2O4. The molecule has 2 N–H and O–H groups in total. The second-order valence-corrected chi connectivity index (χ2v) is 5.21. The van der Waals surface area contributed by atoms with Gasteiger partial charge < -0.3 is 14.9 Å². The number of hydrogen-bond donors (Lipinski definition) is 2. The van der Waals surface area contributed by atoms with E-state index in [0.717, 1.165) is 4.90 Å². The summed E-state index contributed by atoms with van der Waals surface area (Å²) in [6, 6.07) is 4.01. The van der Waals surface area contributed by atoms with Gasteiger partial charge in [-0.05, 0) is 32.0 Å². The first kappa shape index (κ1) is 14.9. The molecule has 2 atom stereocenters. The van der Waals surface area contributed by atoms with Crippen molar-refractivity contribution in [3.05, 3.63) is 23.2 Å². The molecule has 1 saturated heterocycles. The van der Waals surface area contributed by atoms with Gasteiger partial charge in [-0.2, -0.15) is 0 Å². The van der Waals surface area contributed by atoms with Crippen molar-refractivity contribution in [2.45, 2.75) is 32.3 Å². The van der Waals surface area contributed by atoms with E-state index in [1.165, 1.54) is 18.1 Å². The van der Waals surface area contributed by atoms with E-state index in [-0.39, 0.29) is 6.04 Å². The van der Waals surface area contributed by atoms with Crippen molar-refractivity contribution in [1.29, 1.82) is 0 Å². The third-order valence-corrected chi connectivity index (χ3v) is 3.51. The monoisotopic (exact) mass is 300 g/mol. The molecule has 1 fully saturated rings. The lowest BCUT2D eigenvalue weighted by Gasteiger charge is -2.23. The van der Waals surface area contributed by atoms with Crippen LogP contribution in [0.4, 0.5) is 10.5 Å². The lowest BCUT2D eigenvalue weighted by atomic mass is 10.2. The van der Waals surface area contributed by atoms with Crippen LogP contribution in [0.5, 0.6) is 5.75 Å². The van der Waals surface area contributed by atoms with Gasteiger partial charge in [-0.1, -0.05) is 11.6 Å². The fraction of sp³-hybridized carbons (Fsp3) is 0.462. The molecule has 0 aromatic heterocycles. The predicted octanol–water partition coefficient (Wildman–Crippen LogP) is 1.64. The number of rotatable bonds is 3. The number of anilines is 1. The number of ether oxygens (including phenoxy) is 1. The van der Waals surface area contributed by atoms with E-state index in [4.69, 9.17) is 16.3 Å². The molecular weight excluding hydrogens is 284 g/mol. The fourth-order valence-corrected chi connectivity index (χ4v) is 2.47. The first-order chi connectivity index (χ1) is 9.38. The van der Waals surface area contributed by atoms with Gasteiger partial charge >= 0.3 is 6.03 Å². The van der Waals surface area contributed by atoms with Gasteiger partial charge in [0.2, 0.25) is 0 Å². The highest BCUT2D eigenvalue weighted by atomic mass is 35.5. The summed E-state index contributed by atoms with van der Waals surface area (Å²) in [6.45, 7) is 3.52. The maximum Gasteiger partial charge on any atom is 0.329 e. The van der Waals surface area contributed by atoms with E-state index in [1.807, 2.05) is 0 Å². The summed E-state index contributed by atoms with van der Waals surface area (Å²) in [4.78, 5) is 14.6. The molecule has 1 aromatic rings. The van der Waals surface area contributed by atoms with Crippen molar-refractivity contribution >= 4 is 23.3 Å². The van der Waals surface area contributed by atoms with Gasteiger partial charge in [0.15, 0.2) is 12.5 Å². The number of aliphatic hydroxyl groups excluding tert-OH is 2. The third kappa shape index (κ3) is 2.30. The molecule has 1 aromatic carbocycles. The van der Waals surface area contributed by atoms with Crippen LogP contribution in [0.2, 0.25) is 5.02 Å². The molecule has 2 rings (SSSR count). The normalized spacial score (nSPS) is 22.9. The molecule has 110 valence electrons. The Morgan fingerprint density at radius 3 is 2.40 bits per heavy atom. The average Bonchev–Trinajstić information content (AvgIpc) is 2.60. The van der Waals surface area contributed by atoms with Crippen LogP contribution in [0.15, 0.2) is 18.2 Å². The zero-order valence-electron chi connectivity index (χ0n) is 11.4. The van der Waals surface area contributed by atoms with Gasteiger partial charge in [0.1, 0.15) is 5.75 Å². The Morgan fingerprint density at radius 2 is 1.95 bits per heavy atom. The molecule has 0 aliphatic carbocycles. The lowest BCUT2D eigenvalue weighted by Crippen LogP contribution is -2.40. The second kappa shape index (κ2) is 5.47. The fourth-order valence-electron chi connectivity index (χ4n) is 2.22. The molecule has 2 unspecified atom stereocenters. The van der Waals surface area contributed by atoms with Crippen LogP contribution in [0.25, 0.3) is 0 Å². The zero-order valence-corrected chi connectivity index (χ0v) is 12.2. The molecule has 2 amide bonds. The number of benzene rings is 1. The topological polar surface area (TPSA) is 73.2 Å². The minimum Gasteiger partial charge on any atom is -0.495 e. The number of carbonyl (C=O) groups is 1. The number of nitrogens with zero attached hydrogens (tertiary/aromatic N) is 2. The smallest absolute Gasteiger partial charge is 0.329 e. The Kier molecular flexibility index (Phi) is 4.08. The van der Waals surface area contributed by atoms with Crippen molar-refractivity contribution < 1.29 is 19.7 Å². The molecule has 7 heteroatoms. The van der Waals surface area contributed by atoms with Crippen LogP contribution in [0, 0.1) is 0 Å². The SMILES string of the molecule is COc1ccc(N2C(=O)N(C(C)C)C(O)C2O)cc1Cl. The van der Waals surface area contributed by atoms with E-state index in [2.05, 4.69) is 0 Å². The number of urea groups is 1. The highest BCUT2D eigenvalue weighted by molar-refractivity contribution is 6.32. The van der Waals surface area contributed by atoms with Crippen molar-refractivity contribution in [2.75, 3.05) is 12.0 Å². The number of amides is 2. The Hall–Kier alpha value is -1.50. The molecule has 0 bridgehead atoms. The molecule has 20 heavy (non-hydrogen) atoms. The molecule has 1 aliphatic rings. The Bertz CT molecular complexity index is 523. The van der Waals surface area contributed by atoms with Crippen LogP contribution >= 0.6 is 11.6 Å². The Labute approximate surface area is 122 Å². The summed E-state index contributed by atoms with van der Waals surface area (Å²) >= 11 is 6.02. The summed E-state index contributed by atoms with van der Waals surface area (Å²) in [5.41, 5.74) is 0.399. The van der Waals surface area contributed by atoms with E-state index in [0.29, 0.717) is 16.5 Å². The van der Waals surface area contributed by atoms with Crippen LogP contribution in [0.1, 0.15) is 13.8 Å². The maximum absolute atomic E-state index is 12.3. The van der Waals surface area contributed by atoms with Crippen LogP contribution < -0.4 is 9.64 Å². The van der Waals surface area contributed by atoms with E-state index >= 15 is 0 Å². The molecule has 0 radical (unpaired) electrons. The highest BCUT2D eigenvalue weighted by Crippen LogP contribution is 2.33. The quantitative estimate of drug-likeness (QED) is 0.890. The van der Waals surface area contributed by atoms with Crippen LogP contribution in [-0.4, -0.2) is 46.8 Å². The largest absolute Gasteiger partial charge is 0.495 e. The van der Waals surface area contributed by atoms with Crippen molar-refractivity contribution in [1.82, 2.24) is 4.90 Å². The first-order valence-corrected chi connectivity index (χ1v) is 6.57. The number of halogens is 1. The predicted molar refractivity (Wildman–Crippen MR) is 74.9 cm³/mol. The number of methoxy groups -OCH3 is 1. The average molecular weight is 301 g/mol. The van der Waals surface area contributed by atoms with Gasteiger partial charge in [0.25, 0.3) is 0 Å². The number of carbonyl (C=O) groups excluding carboxylic acids is 1. The minimum atomic E-state index is -1.34. The number of aliphatic hydroxyl groups is 2. The van der Waals surface area contributed by atoms with E-state index in [9.17, 15) is 15.0 Å². The maximum atomic E-state index is 12.3. The van der Waals surface area contributed by atoms with Gasteiger partial charge in [-0.3, -0.25) is 9.80 Å². The Balaban J connectivity index is 2.37. The standard InChI is InChI=1S/C13H17ClN2O4/c1-7(2)15-11(17)12(18)16(13(15)19)8-4-5-10(20-3)9(14)6-8/h4-7,11-12,17-18H,1-3H3. The summed E-state index contributed by atoms with van der Waals surface area (Å²) in [5, 5.41) is 20.3. The lowest BCUT2D eigenvalue weighted by molar-refractivity contribution is -0.0377. The summed E-state index contributed by atoms with van der Waals surface area (Å²) in [5.74, 6) is 0.470. The van der Waals surface area contributed by atoms with Gasteiger partial charge in [-0.25, -0.2) is 4.79 Å². The van der Waals surface area contributed by atoms with Crippen molar-refractivity contribution in [3.63, 3.8) is 0 Å². The van der Waals surface area contributed by atoms with E-state index in [1.54, 1.807) is 26.0 Å². The van der Waals surface area contributed by atoms with Gasteiger partial charge in [0.05, 0.1) is 17.8 Å². The highest BCUT2D eigenvalue weighted by Gasteiger charge is 2.46. The Morgan fingerprint density at radius 1 is 1.30 bits per heavy atom. The molecule has 0 saturated carbocycles. The zero-order chi connectivity index (χ0) is 15.0. The van der Waals surface area contributed by atoms with Crippen molar-refractivity contribution in [2.24, 2.45) is 0 Å². The van der Waals surface area contributed by atoms with Gasteiger partial charge in [0, 0.05) is 6.04 Å². The van der Waals surface area contributed by atoms with Gasteiger partial charge in [-0.15, -0.1) is 0 Å². The molecule has 1 aliphatic heterocycles. The van der Waals surface area contributed by atoms with Crippen LogP contribution in [0.3, 0.4) is 0 Å². The second-order valence-electron chi connectivity index (χ2n) is 4.80.